The van der Waals surface area contributed by atoms with Crippen molar-refractivity contribution in [3.05, 3.63) is 58.6 Å². The van der Waals surface area contributed by atoms with Crippen LogP contribution in [0.5, 0.6) is 0 Å². The fourth-order valence-electron chi connectivity index (χ4n) is 2.95. The molecule has 0 aromatic heterocycles. The average Bonchev–Trinajstić information content (AvgIpc) is 2.48. The molecule has 0 amide bonds. The van der Waals surface area contributed by atoms with E-state index in [2.05, 4.69) is 42.2 Å². The van der Waals surface area contributed by atoms with E-state index in [-0.39, 0.29) is 0 Å². The van der Waals surface area contributed by atoms with Crippen molar-refractivity contribution in [2.75, 3.05) is 4.90 Å². The molecule has 0 N–H and O–H groups in total. The predicted molar refractivity (Wildman–Crippen MR) is 87.4 cm³/mol. The van der Waals surface area contributed by atoms with Gasteiger partial charge in [0.1, 0.15) is 0 Å². The smallest absolute Gasteiger partial charge is 0.0495 e. The largest absolute Gasteiger partial charge is 0.338 e. The first-order valence-electron chi connectivity index (χ1n) is 6.92. The summed E-state index contributed by atoms with van der Waals surface area (Å²) in [6, 6.07) is 15.1. The van der Waals surface area contributed by atoms with Crippen LogP contribution < -0.4 is 4.90 Å². The lowest BCUT2D eigenvalue weighted by molar-refractivity contribution is 0.617. The van der Waals surface area contributed by atoms with Crippen LogP contribution in [-0.4, -0.2) is 6.04 Å². The number of hydrogen-bond donors (Lipinski definition) is 0. The highest BCUT2D eigenvalue weighted by atomic mass is 35.5. The second kappa shape index (κ2) is 5.67. The molecule has 0 saturated heterocycles. The molecule has 20 heavy (non-hydrogen) atoms. The summed E-state index contributed by atoms with van der Waals surface area (Å²) >= 11 is 12.2. The lowest BCUT2D eigenvalue weighted by atomic mass is 9.95. The van der Waals surface area contributed by atoms with E-state index in [1.165, 1.54) is 16.9 Å². The molecule has 3 rings (SSSR count). The van der Waals surface area contributed by atoms with E-state index in [0.29, 0.717) is 11.9 Å². The second-order valence-electron chi connectivity index (χ2n) is 5.29. The van der Waals surface area contributed by atoms with Gasteiger partial charge < -0.3 is 4.90 Å². The maximum Gasteiger partial charge on any atom is 0.0495 e. The minimum absolute atomic E-state index is 0.466. The third kappa shape index (κ3) is 2.41. The van der Waals surface area contributed by atoms with Crippen LogP contribution in [-0.2, 0) is 12.3 Å². The number of benzene rings is 2. The molecule has 1 aliphatic rings. The molecule has 0 aliphatic carbocycles. The fourth-order valence-corrected chi connectivity index (χ4v) is 3.36. The number of aryl methyl sites for hydroxylation is 1. The Hall–Kier alpha value is -1.18. The SMILES string of the molecule is CC1CCc2ccccc2N1c1ccc(Cl)cc1CCl. The van der Waals surface area contributed by atoms with E-state index in [1.54, 1.807) is 0 Å². The molecule has 2 aromatic rings. The molecule has 0 bridgehead atoms. The summed E-state index contributed by atoms with van der Waals surface area (Å²) in [7, 11) is 0. The van der Waals surface area contributed by atoms with Crippen molar-refractivity contribution in [1.82, 2.24) is 0 Å². The normalized spacial score (nSPS) is 17.9. The average molecular weight is 306 g/mol. The maximum atomic E-state index is 6.11. The van der Waals surface area contributed by atoms with Crippen molar-refractivity contribution in [2.24, 2.45) is 0 Å². The number of rotatable bonds is 2. The Balaban J connectivity index is 2.14. The van der Waals surface area contributed by atoms with Crippen LogP contribution in [0.25, 0.3) is 0 Å². The summed E-state index contributed by atoms with van der Waals surface area (Å²) in [6.07, 6.45) is 2.29. The molecule has 3 heteroatoms. The Kier molecular flexibility index (Phi) is 3.91. The van der Waals surface area contributed by atoms with Gasteiger partial charge in [-0.3, -0.25) is 0 Å². The van der Waals surface area contributed by atoms with Crippen LogP contribution in [0.2, 0.25) is 5.02 Å². The van der Waals surface area contributed by atoms with Crippen LogP contribution in [0.1, 0.15) is 24.5 Å². The van der Waals surface area contributed by atoms with Crippen molar-refractivity contribution in [1.29, 1.82) is 0 Å². The highest BCUT2D eigenvalue weighted by Crippen LogP contribution is 2.39. The number of nitrogens with zero attached hydrogens (tertiary/aromatic N) is 1. The third-order valence-corrected chi connectivity index (χ3v) is 4.49. The van der Waals surface area contributed by atoms with Gasteiger partial charge in [-0.05, 0) is 55.2 Å². The van der Waals surface area contributed by atoms with Gasteiger partial charge in [0.2, 0.25) is 0 Å². The topological polar surface area (TPSA) is 3.24 Å². The van der Waals surface area contributed by atoms with Crippen LogP contribution in [0, 0.1) is 0 Å². The van der Waals surface area contributed by atoms with Gasteiger partial charge in [-0.1, -0.05) is 29.8 Å². The molecule has 1 heterocycles. The summed E-state index contributed by atoms with van der Waals surface area (Å²) in [5.41, 5.74) is 4.95. The van der Waals surface area contributed by atoms with Crippen LogP contribution in [0.4, 0.5) is 11.4 Å². The summed E-state index contributed by atoms with van der Waals surface area (Å²) in [5.74, 6) is 0.473. The van der Waals surface area contributed by atoms with Gasteiger partial charge in [-0.2, -0.15) is 0 Å². The summed E-state index contributed by atoms with van der Waals surface area (Å²) < 4.78 is 0. The van der Waals surface area contributed by atoms with Crippen molar-refractivity contribution >= 4 is 34.6 Å². The number of anilines is 2. The van der Waals surface area contributed by atoms with Crippen LogP contribution in [0.3, 0.4) is 0 Å². The van der Waals surface area contributed by atoms with Crippen molar-refractivity contribution < 1.29 is 0 Å². The Bertz CT molecular complexity index is 624. The van der Waals surface area contributed by atoms with E-state index < -0.39 is 0 Å². The minimum atomic E-state index is 0.466. The fraction of sp³-hybridized carbons (Fsp3) is 0.294. The molecule has 2 aromatic carbocycles. The zero-order valence-electron chi connectivity index (χ0n) is 11.4. The molecule has 104 valence electrons. The van der Waals surface area contributed by atoms with Gasteiger partial charge in [0, 0.05) is 28.3 Å². The molecule has 1 unspecified atom stereocenters. The molecule has 0 saturated carbocycles. The van der Waals surface area contributed by atoms with E-state index >= 15 is 0 Å². The van der Waals surface area contributed by atoms with Gasteiger partial charge in [-0.25, -0.2) is 0 Å². The zero-order chi connectivity index (χ0) is 14.1. The third-order valence-electron chi connectivity index (χ3n) is 3.97. The van der Waals surface area contributed by atoms with Gasteiger partial charge >= 0.3 is 0 Å². The van der Waals surface area contributed by atoms with Crippen molar-refractivity contribution in [3.8, 4) is 0 Å². The van der Waals surface area contributed by atoms with Crippen LogP contribution >= 0.6 is 23.2 Å². The Morgan fingerprint density at radius 3 is 2.75 bits per heavy atom. The first kappa shape index (κ1) is 13.8. The first-order valence-corrected chi connectivity index (χ1v) is 7.83. The summed E-state index contributed by atoms with van der Waals surface area (Å²) in [5, 5.41) is 0.738. The quantitative estimate of drug-likeness (QED) is 0.657. The molecule has 1 nitrogen and oxygen atoms in total. The Morgan fingerprint density at radius 2 is 1.95 bits per heavy atom. The lowest BCUT2D eigenvalue weighted by Crippen LogP contribution is -2.33. The highest BCUT2D eigenvalue weighted by Gasteiger charge is 2.25. The zero-order valence-corrected chi connectivity index (χ0v) is 13.0. The van der Waals surface area contributed by atoms with Crippen molar-refractivity contribution in [2.45, 2.75) is 31.7 Å². The number of alkyl halides is 1. The molecule has 0 fully saturated rings. The summed E-state index contributed by atoms with van der Waals surface area (Å²) in [6.45, 7) is 2.27. The second-order valence-corrected chi connectivity index (χ2v) is 6.00. The Morgan fingerprint density at radius 1 is 1.15 bits per heavy atom. The van der Waals surface area contributed by atoms with Gasteiger partial charge in [0.25, 0.3) is 0 Å². The Labute approximate surface area is 130 Å². The number of halogens is 2. The van der Waals surface area contributed by atoms with E-state index in [0.717, 1.165) is 23.4 Å². The number of hydrogen-bond acceptors (Lipinski definition) is 1. The van der Waals surface area contributed by atoms with Gasteiger partial charge in [0.05, 0.1) is 0 Å². The van der Waals surface area contributed by atoms with E-state index in [4.69, 9.17) is 23.2 Å². The highest BCUT2D eigenvalue weighted by molar-refractivity contribution is 6.30. The lowest BCUT2D eigenvalue weighted by Gasteiger charge is -2.38. The predicted octanol–water partition coefficient (Wildman–Crippen LogP) is 5.55. The van der Waals surface area contributed by atoms with E-state index in [9.17, 15) is 0 Å². The minimum Gasteiger partial charge on any atom is -0.338 e. The first-order chi connectivity index (χ1) is 9.70. The van der Waals surface area contributed by atoms with E-state index in [1.807, 2.05) is 12.1 Å². The summed E-state index contributed by atoms with van der Waals surface area (Å²) in [4.78, 5) is 2.40. The standard InChI is InChI=1S/C17H17Cl2N/c1-12-6-7-13-4-2-3-5-16(13)20(12)17-9-8-15(19)10-14(17)11-18/h2-5,8-10,12H,6-7,11H2,1H3. The van der Waals surface area contributed by atoms with Gasteiger partial charge in [-0.15, -0.1) is 11.6 Å². The molecular formula is C17H17Cl2N. The van der Waals surface area contributed by atoms with Gasteiger partial charge in [0.15, 0.2) is 0 Å². The molecule has 1 aliphatic heterocycles. The number of fused-ring (bicyclic) bond motifs is 1. The monoisotopic (exact) mass is 305 g/mol. The molecular weight excluding hydrogens is 289 g/mol. The molecule has 0 radical (unpaired) electrons. The molecule has 0 spiro atoms. The maximum absolute atomic E-state index is 6.11. The molecule has 1 atom stereocenters. The number of para-hydroxylation sites is 1. The van der Waals surface area contributed by atoms with Crippen LogP contribution in [0.15, 0.2) is 42.5 Å². The van der Waals surface area contributed by atoms with Crippen molar-refractivity contribution in [3.63, 3.8) is 0 Å².